The van der Waals surface area contributed by atoms with Crippen molar-refractivity contribution in [1.82, 2.24) is 0 Å². The highest BCUT2D eigenvalue weighted by Crippen LogP contribution is 2.41. The lowest BCUT2D eigenvalue weighted by atomic mass is 9.79. The van der Waals surface area contributed by atoms with E-state index in [0.29, 0.717) is 24.5 Å². The first kappa shape index (κ1) is 11.7. The van der Waals surface area contributed by atoms with Gasteiger partial charge >= 0.3 is 0 Å². The number of alkyl halides is 1. The molecular formula is C9H15FO3S2. The zero-order valence-electron chi connectivity index (χ0n) is 8.56. The minimum Gasteiger partial charge on any atom is -0.378 e. The Labute approximate surface area is 93.1 Å². The van der Waals surface area contributed by atoms with Gasteiger partial charge in [0.15, 0.2) is 0 Å². The molecule has 0 unspecified atom stereocenters. The van der Waals surface area contributed by atoms with E-state index in [4.69, 9.17) is 4.74 Å². The summed E-state index contributed by atoms with van der Waals surface area (Å²) in [5, 5.41) is 0. The van der Waals surface area contributed by atoms with Gasteiger partial charge in [-0.05, 0) is 35.5 Å². The van der Waals surface area contributed by atoms with Crippen LogP contribution in [0.4, 0.5) is 4.39 Å². The molecule has 2 fully saturated rings. The van der Waals surface area contributed by atoms with Gasteiger partial charge in [-0.25, -0.2) is 12.8 Å². The number of rotatable bonds is 1. The number of fused-ring (bicyclic) bond motifs is 1. The van der Waals surface area contributed by atoms with E-state index < -0.39 is 15.0 Å². The Balaban J connectivity index is 2.07. The summed E-state index contributed by atoms with van der Waals surface area (Å²) in [5.41, 5.74) is 0. The summed E-state index contributed by atoms with van der Waals surface area (Å²) in [7, 11) is -0.459. The largest absolute Gasteiger partial charge is 0.378 e. The molecule has 0 aromatic carbocycles. The number of halogens is 1. The number of hydrogen-bond donors (Lipinski definition) is 0. The van der Waals surface area contributed by atoms with E-state index in [1.807, 2.05) is 0 Å². The molecular weight excluding hydrogens is 239 g/mol. The molecule has 6 heteroatoms. The van der Waals surface area contributed by atoms with Crippen LogP contribution in [0.2, 0.25) is 0 Å². The summed E-state index contributed by atoms with van der Waals surface area (Å²) < 4.78 is 41.4. The molecule has 0 spiro atoms. The zero-order valence-corrected chi connectivity index (χ0v) is 10.2. The second-order valence-corrected chi connectivity index (χ2v) is 8.54. The van der Waals surface area contributed by atoms with Gasteiger partial charge in [-0.15, -0.1) is 0 Å². The van der Waals surface area contributed by atoms with Crippen LogP contribution < -0.4 is 0 Å². The fraction of sp³-hybridized carbons (Fsp3) is 1.00. The van der Waals surface area contributed by atoms with Crippen molar-refractivity contribution in [3.63, 3.8) is 0 Å². The molecule has 0 amide bonds. The monoisotopic (exact) mass is 254 g/mol. The molecule has 0 aromatic rings. The van der Waals surface area contributed by atoms with Crippen LogP contribution in [0.1, 0.15) is 12.8 Å². The van der Waals surface area contributed by atoms with E-state index in [1.54, 1.807) is 0 Å². The minimum absolute atomic E-state index is 0.00218. The summed E-state index contributed by atoms with van der Waals surface area (Å²) in [6, 6.07) is 0. The van der Waals surface area contributed by atoms with E-state index in [1.165, 1.54) is 7.11 Å². The lowest BCUT2D eigenvalue weighted by molar-refractivity contribution is -0.0243. The Hall–Kier alpha value is 0.190. The standard InChI is InChI=1S/C9H15FO3S2/c1-13-9-3-6-4-14-15(11,12)5-7(6)2-8(9)10/h6-9H,2-5H2,1H3/t6-,7-,8+,9+/m0/s1. The fourth-order valence-corrected chi connectivity index (χ4v) is 6.20. The van der Waals surface area contributed by atoms with Crippen LogP contribution in [0, 0.1) is 11.8 Å². The lowest BCUT2D eigenvalue weighted by Crippen LogP contribution is -2.43. The second kappa shape index (κ2) is 4.22. The molecule has 2 aliphatic rings. The van der Waals surface area contributed by atoms with Crippen LogP contribution in [-0.4, -0.2) is 39.3 Å². The fourth-order valence-electron chi connectivity index (χ4n) is 2.43. The third-order valence-electron chi connectivity index (χ3n) is 3.32. The molecule has 1 saturated carbocycles. The predicted octanol–water partition coefficient (Wildman–Crippen LogP) is 1.44. The molecule has 0 aromatic heterocycles. The summed E-state index contributed by atoms with van der Waals surface area (Å²) in [6.07, 6.45) is -0.351. The summed E-state index contributed by atoms with van der Waals surface area (Å²) >= 11 is 0. The number of hydrogen-bond acceptors (Lipinski definition) is 4. The van der Waals surface area contributed by atoms with Gasteiger partial charge in [0.2, 0.25) is 8.87 Å². The molecule has 0 radical (unpaired) electrons. The maximum absolute atomic E-state index is 13.5. The quantitative estimate of drug-likeness (QED) is 0.664. The Bertz CT molecular complexity index is 330. The normalized spacial score (nSPS) is 44.7. The first-order valence-electron chi connectivity index (χ1n) is 5.06. The van der Waals surface area contributed by atoms with E-state index in [0.717, 1.165) is 10.8 Å². The SMILES string of the molecule is CO[C@@H]1C[C@H]2CSS(=O)(=O)C[C@@H]2C[C@H]1F. The molecule has 1 saturated heterocycles. The second-order valence-electron chi connectivity index (χ2n) is 4.29. The summed E-state index contributed by atoms with van der Waals surface area (Å²) in [6.45, 7) is 0. The predicted molar refractivity (Wildman–Crippen MR) is 58.2 cm³/mol. The molecule has 0 bridgehead atoms. The summed E-state index contributed by atoms with van der Waals surface area (Å²) in [5.74, 6) is 1.03. The Kier molecular flexibility index (Phi) is 3.28. The highest BCUT2D eigenvalue weighted by molar-refractivity contribution is 8.72. The van der Waals surface area contributed by atoms with Crippen molar-refractivity contribution in [2.75, 3.05) is 18.6 Å². The van der Waals surface area contributed by atoms with E-state index in [9.17, 15) is 12.8 Å². The molecule has 1 aliphatic carbocycles. The van der Waals surface area contributed by atoms with Gasteiger partial charge < -0.3 is 4.74 Å². The van der Waals surface area contributed by atoms with Crippen LogP contribution in [0.15, 0.2) is 0 Å². The van der Waals surface area contributed by atoms with Crippen LogP contribution in [0.5, 0.6) is 0 Å². The molecule has 4 atom stereocenters. The third-order valence-corrected chi connectivity index (χ3v) is 6.97. The number of ether oxygens (including phenoxy) is 1. The Morgan fingerprint density at radius 1 is 1.33 bits per heavy atom. The smallest absolute Gasteiger partial charge is 0.201 e. The van der Waals surface area contributed by atoms with Crippen molar-refractivity contribution in [2.24, 2.45) is 11.8 Å². The van der Waals surface area contributed by atoms with E-state index in [-0.39, 0.29) is 17.8 Å². The molecule has 1 aliphatic heterocycles. The van der Waals surface area contributed by atoms with Gasteiger partial charge in [-0.2, -0.15) is 0 Å². The van der Waals surface area contributed by atoms with Crippen LogP contribution >= 0.6 is 10.8 Å². The molecule has 15 heavy (non-hydrogen) atoms. The van der Waals surface area contributed by atoms with Crippen LogP contribution in [-0.2, 0) is 13.6 Å². The van der Waals surface area contributed by atoms with Crippen molar-refractivity contribution in [3.05, 3.63) is 0 Å². The topological polar surface area (TPSA) is 43.4 Å². The first-order chi connectivity index (χ1) is 7.02. The van der Waals surface area contributed by atoms with Crippen molar-refractivity contribution < 1.29 is 17.5 Å². The Morgan fingerprint density at radius 3 is 2.73 bits per heavy atom. The van der Waals surface area contributed by atoms with Gasteiger partial charge in [0.05, 0.1) is 11.9 Å². The average Bonchev–Trinajstić information content (AvgIpc) is 2.15. The molecule has 0 N–H and O–H groups in total. The third kappa shape index (κ3) is 2.47. The van der Waals surface area contributed by atoms with Gasteiger partial charge in [-0.3, -0.25) is 0 Å². The maximum Gasteiger partial charge on any atom is 0.201 e. The van der Waals surface area contributed by atoms with E-state index in [2.05, 4.69) is 0 Å². The zero-order chi connectivity index (χ0) is 11.1. The van der Waals surface area contributed by atoms with Crippen molar-refractivity contribution in [3.8, 4) is 0 Å². The van der Waals surface area contributed by atoms with Crippen LogP contribution in [0.25, 0.3) is 0 Å². The van der Waals surface area contributed by atoms with Crippen molar-refractivity contribution >= 4 is 19.7 Å². The highest BCUT2D eigenvalue weighted by atomic mass is 33.1. The Morgan fingerprint density at radius 2 is 2.07 bits per heavy atom. The lowest BCUT2D eigenvalue weighted by Gasteiger charge is -2.39. The van der Waals surface area contributed by atoms with Crippen molar-refractivity contribution in [2.45, 2.75) is 25.1 Å². The summed E-state index contributed by atoms with van der Waals surface area (Å²) in [4.78, 5) is 0. The number of methoxy groups -OCH3 is 1. The highest BCUT2D eigenvalue weighted by Gasteiger charge is 2.42. The molecule has 3 nitrogen and oxygen atoms in total. The van der Waals surface area contributed by atoms with E-state index >= 15 is 0 Å². The molecule has 1 heterocycles. The molecule has 2 rings (SSSR count). The average molecular weight is 254 g/mol. The van der Waals surface area contributed by atoms with Gasteiger partial charge in [0, 0.05) is 12.9 Å². The maximum atomic E-state index is 13.5. The van der Waals surface area contributed by atoms with Crippen molar-refractivity contribution in [1.29, 1.82) is 0 Å². The van der Waals surface area contributed by atoms with Gasteiger partial charge in [0.25, 0.3) is 0 Å². The minimum atomic E-state index is -2.99. The van der Waals surface area contributed by atoms with Crippen LogP contribution in [0.3, 0.4) is 0 Å². The first-order valence-corrected chi connectivity index (χ1v) is 8.21. The molecule has 88 valence electrons. The van der Waals surface area contributed by atoms with Gasteiger partial charge in [-0.1, -0.05) is 0 Å². The van der Waals surface area contributed by atoms with Gasteiger partial charge in [0.1, 0.15) is 6.17 Å².